The van der Waals surface area contributed by atoms with Crippen LogP contribution in [0.25, 0.3) is 78.4 Å². The number of aromatic amines is 2. The second kappa shape index (κ2) is 21.5. The van der Waals surface area contributed by atoms with Gasteiger partial charge in [-0.25, -0.2) is 13.5 Å². The first-order chi connectivity index (χ1) is 36.6. The molecule has 4 aromatic carbocycles. The lowest BCUT2D eigenvalue weighted by Gasteiger charge is -2.32. The van der Waals surface area contributed by atoms with Gasteiger partial charge in [-0.15, -0.1) is 0 Å². The van der Waals surface area contributed by atoms with Gasteiger partial charge in [-0.2, -0.15) is 31.8 Å². The summed E-state index contributed by atoms with van der Waals surface area (Å²) < 4.78 is 107. The van der Waals surface area contributed by atoms with E-state index in [0.717, 1.165) is 67.2 Å². The standard InChI is InChI=1S/C23H17ClFN5.C20H20BClFNO2.C10H9F3N4O3S/c1-2-30-22(12-19(29-30)21-13-26-8-9-27-21)14-6-7-18-15(10-14)11-20(28-18)23-16(24)4-3-5-17(23)25;1-19(2)20(3,4)26-21(25-19)13-8-9-16-12(10-13)11-17(24-16)18-14(22)6-5-7-15(18)23;1-2-17-9(20-21(18,19)10(11,12)13)5-7(16-17)8-6-14-3-4-15-8/h3-13,28H,2H2,1H3;5-11,24H,1-4H3;3-6H,2H2,1H3. The SMILES string of the molecule is CC1(C)OB(c2ccc3[nH]c(-c4c(F)cccc4Cl)cc3c2)OC1(C)C.CCn1nc(-c2cnccn2)cc1-c1ccc2[nH]c(-c3c(F)cccc3Cl)cc2c1.CCn1nc(-c2cnccn2)cc1OS(=O)(=O)C(F)(F)F. The Balaban J connectivity index is 0.000000143. The quantitative estimate of drug-likeness (QED) is 0.0576. The van der Waals surface area contributed by atoms with E-state index >= 15 is 0 Å². The molecule has 0 bridgehead atoms. The molecule has 11 rings (SSSR count). The van der Waals surface area contributed by atoms with Crippen molar-refractivity contribution >= 4 is 67.7 Å². The van der Waals surface area contributed by atoms with Gasteiger partial charge in [0.25, 0.3) is 0 Å². The number of rotatable bonds is 10. The molecule has 6 aromatic heterocycles. The number of halogens is 7. The number of H-pyrrole nitrogens is 2. The average Bonchev–Trinajstić information content (AvgIpc) is 4.30. The van der Waals surface area contributed by atoms with Gasteiger partial charge in [0.15, 0.2) is 0 Å². The maximum atomic E-state index is 14.3. The summed E-state index contributed by atoms with van der Waals surface area (Å²) in [6.07, 6.45) is 9.11. The van der Waals surface area contributed by atoms with Crippen LogP contribution in [0.4, 0.5) is 22.0 Å². The molecular weight excluding hydrogens is 1070 g/mol. The summed E-state index contributed by atoms with van der Waals surface area (Å²) in [7, 11) is -6.18. The minimum absolute atomic E-state index is 0.114. The number of aryl methyl sites for hydroxylation is 2. The molecule has 396 valence electrons. The molecule has 2 N–H and O–H groups in total. The number of nitrogens with zero attached hydrogens (tertiary/aromatic N) is 8. The molecule has 7 heterocycles. The van der Waals surface area contributed by atoms with Crippen LogP contribution >= 0.6 is 23.2 Å². The van der Waals surface area contributed by atoms with Crippen LogP contribution in [0, 0.1) is 11.6 Å². The molecule has 1 fully saturated rings. The number of hydrogen-bond acceptors (Lipinski definition) is 11. The fourth-order valence-electron chi connectivity index (χ4n) is 8.20. The van der Waals surface area contributed by atoms with Gasteiger partial charge in [0.1, 0.15) is 34.4 Å². The molecule has 0 unspecified atom stereocenters. The molecule has 1 aliphatic rings. The van der Waals surface area contributed by atoms with Crippen molar-refractivity contribution in [3.63, 3.8) is 0 Å². The smallest absolute Gasteiger partial charge is 0.399 e. The van der Waals surface area contributed by atoms with Crippen molar-refractivity contribution < 1.29 is 43.9 Å². The molecule has 0 atom stereocenters. The molecular formula is C53H46BCl2F5N10O5S. The largest absolute Gasteiger partial charge is 0.534 e. The fraction of sp³-hybridized carbons (Fsp3) is 0.208. The highest BCUT2D eigenvalue weighted by molar-refractivity contribution is 7.88. The van der Waals surface area contributed by atoms with Gasteiger partial charge in [0.05, 0.1) is 61.8 Å². The summed E-state index contributed by atoms with van der Waals surface area (Å²) >= 11 is 12.4. The van der Waals surface area contributed by atoms with Crippen LogP contribution in [0.2, 0.25) is 10.0 Å². The van der Waals surface area contributed by atoms with Crippen LogP contribution in [-0.4, -0.2) is 81.7 Å². The monoisotopic (exact) mass is 1110 g/mol. The maximum absolute atomic E-state index is 14.3. The Morgan fingerprint density at radius 3 is 1.65 bits per heavy atom. The lowest BCUT2D eigenvalue weighted by molar-refractivity contribution is -0.0502. The second-order valence-electron chi connectivity index (χ2n) is 18.4. The van der Waals surface area contributed by atoms with Crippen molar-refractivity contribution in [1.82, 2.24) is 49.5 Å². The van der Waals surface area contributed by atoms with Gasteiger partial charge in [-0.1, -0.05) is 53.5 Å². The number of nitrogens with one attached hydrogen (secondary N) is 2. The zero-order valence-corrected chi connectivity index (χ0v) is 44.2. The Morgan fingerprint density at radius 1 is 0.649 bits per heavy atom. The zero-order chi connectivity index (χ0) is 55.0. The van der Waals surface area contributed by atoms with Crippen LogP contribution in [0.15, 0.2) is 134 Å². The summed E-state index contributed by atoms with van der Waals surface area (Å²) in [6, 6.07) is 28.2. The topological polar surface area (TPSA) is 181 Å². The molecule has 0 radical (unpaired) electrons. The Labute approximate surface area is 448 Å². The van der Waals surface area contributed by atoms with Gasteiger partial charge in [-0.05, 0) is 113 Å². The van der Waals surface area contributed by atoms with E-state index in [1.54, 1.807) is 49.8 Å². The van der Waals surface area contributed by atoms with Crippen LogP contribution in [0.5, 0.6) is 5.88 Å². The number of alkyl halides is 3. The molecule has 1 aliphatic heterocycles. The maximum Gasteiger partial charge on any atom is 0.534 e. The highest BCUT2D eigenvalue weighted by atomic mass is 35.5. The number of fused-ring (bicyclic) bond motifs is 2. The highest BCUT2D eigenvalue weighted by Crippen LogP contribution is 2.38. The van der Waals surface area contributed by atoms with Gasteiger partial charge in [-0.3, -0.25) is 24.6 Å². The number of benzene rings is 4. The Kier molecular flexibility index (Phi) is 15.2. The summed E-state index contributed by atoms with van der Waals surface area (Å²) in [6.45, 7) is 12.6. The third-order valence-corrected chi connectivity index (χ3v) is 14.4. The second-order valence-corrected chi connectivity index (χ2v) is 20.7. The van der Waals surface area contributed by atoms with E-state index in [1.807, 2.05) is 87.8 Å². The first-order valence-corrected chi connectivity index (χ1v) is 25.9. The van der Waals surface area contributed by atoms with Gasteiger partial charge in [0, 0.05) is 65.9 Å². The Morgan fingerprint density at radius 2 is 1.16 bits per heavy atom. The molecule has 24 heteroatoms. The predicted octanol–water partition coefficient (Wildman–Crippen LogP) is 12.5. The molecule has 77 heavy (non-hydrogen) atoms. The van der Waals surface area contributed by atoms with E-state index in [2.05, 4.69) is 50.4 Å². The molecule has 0 saturated carbocycles. The van der Waals surface area contributed by atoms with E-state index in [-0.39, 0.29) is 29.6 Å². The Hall–Kier alpha value is -7.50. The van der Waals surface area contributed by atoms with Crippen molar-refractivity contribution in [1.29, 1.82) is 0 Å². The minimum Gasteiger partial charge on any atom is -0.399 e. The van der Waals surface area contributed by atoms with Gasteiger partial charge >= 0.3 is 22.7 Å². The third kappa shape index (κ3) is 11.3. The lowest BCUT2D eigenvalue weighted by atomic mass is 9.78. The zero-order valence-electron chi connectivity index (χ0n) is 41.9. The van der Waals surface area contributed by atoms with Crippen LogP contribution in [0.1, 0.15) is 41.5 Å². The van der Waals surface area contributed by atoms with Crippen molar-refractivity contribution in [3.05, 3.63) is 156 Å². The summed E-state index contributed by atoms with van der Waals surface area (Å²) in [5.74, 6) is -1.25. The van der Waals surface area contributed by atoms with E-state index in [0.29, 0.717) is 32.6 Å². The molecule has 10 aromatic rings. The molecule has 1 saturated heterocycles. The van der Waals surface area contributed by atoms with Crippen molar-refractivity contribution in [2.45, 2.75) is 71.3 Å². The van der Waals surface area contributed by atoms with E-state index < -0.39 is 39.8 Å². The normalized spacial score (nSPS) is 14.1. The van der Waals surface area contributed by atoms with Gasteiger partial charge < -0.3 is 23.5 Å². The fourth-order valence-corrected chi connectivity index (χ4v) is 9.19. The molecule has 0 amide bonds. The number of aromatic nitrogens is 10. The minimum atomic E-state index is -5.75. The van der Waals surface area contributed by atoms with E-state index in [4.69, 9.17) is 32.5 Å². The summed E-state index contributed by atoms with van der Waals surface area (Å²) in [4.78, 5) is 22.7. The average molecular weight is 1110 g/mol. The van der Waals surface area contributed by atoms with Crippen LogP contribution in [-0.2, 0) is 32.5 Å². The van der Waals surface area contributed by atoms with Crippen molar-refractivity contribution in [2.75, 3.05) is 0 Å². The molecule has 0 spiro atoms. The number of hydrogen-bond donors (Lipinski definition) is 2. The summed E-state index contributed by atoms with van der Waals surface area (Å²) in [5, 5.41) is 11.3. The lowest BCUT2D eigenvalue weighted by Crippen LogP contribution is -2.41. The predicted molar refractivity (Wildman–Crippen MR) is 286 cm³/mol. The Bertz CT molecular complexity index is 3820. The van der Waals surface area contributed by atoms with Crippen LogP contribution in [0.3, 0.4) is 0 Å². The van der Waals surface area contributed by atoms with Crippen LogP contribution < -0.4 is 9.65 Å². The van der Waals surface area contributed by atoms with E-state index in [1.165, 1.54) is 30.7 Å². The third-order valence-electron chi connectivity index (χ3n) is 12.8. The molecule has 0 aliphatic carbocycles. The first kappa shape index (κ1) is 54.3. The van der Waals surface area contributed by atoms with E-state index in [9.17, 15) is 30.4 Å². The van der Waals surface area contributed by atoms with Gasteiger partial charge in [0.2, 0.25) is 5.88 Å². The van der Waals surface area contributed by atoms with Crippen molar-refractivity contribution in [3.8, 4) is 62.4 Å². The van der Waals surface area contributed by atoms with Crippen molar-refractivity contribution in [2.24, 2.45) is 0 Å². The first-order valence-electron chi connectivity index (χ1n) is 23.8. The molecule has 15 nitrogen and oxygen atoms in total. The summed E-state index contributed by atoms with van der Waals surface area (Å²) in [5.41, 5.74) is 2.41. The highest BCUT2D eigenvalue weighted by Gasteiger charge is 2.52.